The fourth-order valence-corrected chi connectivity index (χ4v) is 1.93. The van der Waals surface area contributed by atoms with Crippen LogP contribution in [0.25, 0.3) is 11.1 Å². The van der Waals surface area contributed by atoms with E-state index in [0.717, 1.165) is 16.8 Å². The number of para-hydroxylation sites is 2. The van der Waals surface area contributed by atoms with Crippen molar-refractivity contribution in [3.05, 3.63) is 52.6 Å². The second-order valence-electron chi connectivity index (χ2n) is 3.56. The zero-order valence-corrected chi connectivity index (χ0v) is 8.25. The SMILES string of the molecule is O=[N+]([O-])c1cccc2c1[N]c1ccccc1-2. The van der Waals surface area contributed by atoms with Crippen molar-refractivity contribution in [1.82, 2.24) is 5.32 Å². The van der Waals surface area contributed by atoms with E-state index in [0.29, 0.717) is 5.69 Å². The summed E-state index contributed by atoms with van der Waals surface area (Å²) >= 11 is 0. The van der Waals surface area contributed by atoms with Gasteiger partial charge in [0.15, 0.2) is 0 Å². The molecule has 2 aromatic carbocycles. The first-order valence-electron chi connectivity index (χ1n) is 4.86. The lowest BCUT2D eigenvalue weighted by Gasteiger charge is -1.98. The number of nitro benzene ring substituents is 1. The molecular formula is C12H7N2O2. The summed E-state index contributed by atoms with van der Waals surface area (Å²) in [5, 5.41) is 15.2. The summed E-state index contributed by atoms with van der Waals surface area (Å²) in [5.41, 5.74) is 3.13. The normalized spacial score (nSPS) is 11.5. The monoisotopic (exact) mass is 211 g/mol. The van der Waals surface area contributed by atoms with Gasteiger partial charge in [-0.2, -0.15) is 0 Å². The molecule has 0 fully saturated rings. The minimum atomic E-state index is -0.395. The minimum absolute atomic E-state index is 0.0636. The second kappa shape index (κ2) is 3.06. The summed E-state index contributed by atoms with van der Waals surface area (Å²) in [6.45, 7) is 0. The predicted molar refractivity (Wildman–Crippen MR) is 60.0 cm³/mol. The van der Waals surface area contributed by atoms with Gasteiger partial charge < -0.3 is 0 Å². The van der Waals surface area contributed by atoms with Crippen LogP contribution in [0.3, 0.4) is 0 Å². The summed E-state index contributed by atoms with van der Waals surface area (Å²) in [4.78, 5) is 10.5. The summed E-state index contributed by atoms with van der Waals surface area (Å²) in [5.74, 6) is 0. The molecule has 0 unspecified atom stereocenters. The molecule has 0 N–H and O–H groups in total. The van der Waals surface area contributed by atoms with Gasteiger partial charge in [-0.25, -0.2) is 5.32 Å². The molecule has 4 heteroatoms. The largest absolute Gasteiger partial charge is 0.295 e. The molecule has 77 valence electrons. The predicted octanol–water partition coefficient (Wildman–Crippen LogP) is 3.14. The van der Waals surface area contributed by atoms with Crippen LogP contribution in [0, 0.1) is 10.1 Å². The van der Waals surface area contributed by atoms with Crippen LogP contribution in [0.1, 0.15) is 0 Å². The maximum atomic E-state index is 10.9. The number of hydrogen-bond donors (Lipinski definition) is 0. The number of benzene rings is 2. The summed E-state index contributed by atoms with van der Waals surface area (Å²) in [7, 11) is 0. The number of rotatable bonds is 1. The van der Waals surface area contributed by atoms with Crippen molar-refractivity contribution >= 4 is 17.1 Å². The fraction of sp³-hybridized carbons (Fsp3) is 0. The zero-order chi connectivity index (χ0) is 11.1. The van der Waals surface area contributed by atoms with E-state index in [1.165, 1.54) is 6.07 Å². The Labute approximate surface area is 91.7 Å². The van der Waals surface area contributed by atoms with Gasteiger partial charge >= 0.3 is 0 Å². The maximum absolute atomic E-state index is 10.9. The van der Waals surface area contributed by atoms with Crippen LogP contribution >= 0.6 is 0 Å². The van der Waals surface area contributed by atoms with Gasteiger partial charge in [-0.3, -0.25) is 10.1 Å². The smallest absolute Gasteiger partial charge is 0.258 e. The Hall–Kier alpha value is -2.36. The van der Waals surface area contributed by atoms with Crippen LogP contribution in [-0.2, 0) is 0 Å². The average Bonchev–Trinajstić information content (AvgIpc) is 2.67. The van der Waals surface area contributed by atoms with Gasteiger partial charge in [0.2, 0.25) is 0 Å². The van der Waals surface area contributed by atoms with Crippen LogP contribution in [0.5, 0.6) is 0 Å². The summed E-state index contributed by atoms with van der Waals surface area (Å²) < 4.78 is 0. The highest BCUT2D eigenvalue weighted by atomic mass is 16.6. The van der Waals surface area contributed by atoms with Crippen molar-refractivity contribution in [2.75, 3.05) is 0 Å². The summed E-state index contributed by atoms with van der Waals surface area (Å²) in [6.07, 6.45) is 0. The van der Waals surface area contributed by atoms with Crippen molar-refractivity contribution < 1.29 is 4.92 Å². The van der Waals surface area contributed by atoms with Crippen molar-refractivity contribution in [3.8, 4) is 11.1 Å². The van der Waals surface area contributed by atoms with Gasteiger partial charge in [0.05, 0.1) is 10.6 Å². The van der Waals surface area contributed by atoms with E-state index >= 15 is 0 Å². The van der Waals surface area contributed by atoms with Gasteiger partial charge in [0.25, 0.3) is 5.69 Å². The second-order valence-corrected chi connectivity index (χ2v) is 3.56. The Morgan fingerprint density at radius 3 is 2.56 bits per heavy atom. The van der Waals surface area contributed by atoms with Gasteiger partial charge in [-0.15, -0.1) is 0 Å². The number of fused-ring (bicyclic) bond motifs is 3. The van der Waals surface area contributed by atoms with Gasteiger partial charge in [-0.1, -0.05) is 30.3 Å². The van der Waals surface area contributed by atoms with Crippen LogP contribution in [0.15, 0.2) is 42.5 Å². The molecule has 0 spiro atoms. The molecule has 4 nitrogen and oxygen atoms in total. The van der Waals surface area contributed by atoms with E-state index in [2.05, 4.69) is 5.32 Å². The molecule has 0 saturated heterocycles. The Kier molecular flexibility index (Phi) is 1.71. The molecule has 0 bridgehead atoms. The third-order valence-electron chi connectivity index (χ3n) is 2.64. The molecule has 3 rings (SSSR count). The third-order valence-corrected chi connectivity index (χ3v) is 2.64. The quantitative estimate of drug-likeness (QED) is 0.458. The van der Waals surface area contributed by atoms with Crippen LogP contribution < -0.4 is 5.32 Å². The molecule has 0 aliphatic carbocycles. The number of nitro groups is 1. The Bertz CT molecular complexity index is 593. The van der Waals surface area contributed by atoms with Crippen molar-refractivity contribution in [3.63, 3.8) is 0 Å². The summed E-state index contributed by atoms with van der Waals surface area (Å²) in [6, 6.07) is 12.6. The Morgan fingerprint density at radius 2 is 1.75 bits per heavy atom. The van der Waals surface area contributed by atoms with Crippen LogP contribution in [0.2, 0.25) is 0 Å². The average molecular weight is 211 g/mol. The van der Waals surface area contributed by atoms with E-state index in [1.807, 2.05) is 30.3 Å². The molecule has 1 radical (unpaired) electrons. The van der Waals surface area contributed by atoms with Crippen molar-refractivity contribution in [2.24, 2.45) is 0 Å². The lowest BCUT2D eigenvalue weighted by molar-refractivity contribution is -0.384. The van der Waals surface area contributed by atoms with Crippen LogP contribution in [0.4, 0.5) is 17.1 Å². The minimum Gasteiger partial charge on any atom is -0.258 e. The number of nitrogens with zero attached hydrogens (tertiary/aromatic N) is 2. The standard InChI is InChI=1S/C12H7N2O2/c15-14(16)11-7-3-5-9-8-4-1-2-6-10(8)13-12(9)11/h1-7H. The molecule has 1 heterocycles. The van der Waals surface area contributed by atoms with E-state index in [1.54, 1.807) is 6.07 Å². The van der Waals surface area contributed by atoms with Gasteiger partial charge in [0, 0.05) is 17.2 Å². The van der Waals surface area contributed by atoms with E-state index < -0.39 is 4.92 Å². The maximum Gasteiger partial charge on any atom is 0.295 e. The molecule has 0 saturated carbocycles. The highest BCUT2D eigenvalue weighted by molar-refractivity contribution is 5.94. The first kappa shape index (κ1) is 8.91. The van der Waals surface area contributed by atoms with E-state index in [4.69, 9.17) is 0 Å². The molecule has 1 aliphatic rings. The van der Waals surface area contributed by atoms with Gasteiger partial charge in [0.1, 0.15) is 5.69 Å². The van der Waals surface area contributed by atoms with Crippen molar-refractivity contribution in [2.45, 2.75) is 0 Å². The molecule has 1 aliphatic heterocycles. The highest BCUT2D eigenvalue weighted by Crippen LogP contribution is 2.46. The highest BCUT2D eigenvalue weighted by Gasteiger charge is 2.26. The molecular weight excluding hydrogens is 204 g/mol. The molecule has 16 heavy (non-hydrogen) atoms. The van der Waals surface area contributed by atoms with E-state index in [-0.39, 0.29) is 5.69 Å². The zero-order valence-electron chi connectivity index (χ0n) is 8.25. The molecule has 0 amide bonds. The van der Waals surface area contributed by atoms with E-state index in [9.17, 15) is 10.1 Å². The molecule has 0 aromatic heterocycles. The number of hydrogen-bond acceptors (Lipinski definition) is 2. The third kappa shape index (κ3) is 1.10. The molecule has 0 atom stereocenters. The lowest BCUT2D eigenvalue weighted by atomic mass is 10.1. The lowest BCUT2D eigenvalue weighted by Crippen LogP contribution is -1.92. The first-order chi connectivity index (χ1) is 7.77. The first-order valence-corrected chi connectivity index (χ1v) is 4.86. The molecule has 2 aromatic rings. The van der Waals surface area contributed by atoms with Gasteiger partial charge in [-0.05, 0) is 6.07 Å². The van der Waals surface area contributed by atoms with Crippen molar-refractivity contribution in [1.29, 1.82) is 0 Å². The van der Waals surface area contributed by atoms with Crippen LogP contribution in [-0.4, -0.2) is 4.92 Å². The topological polar surface area (TPSA) is 57.2 Å². The Balaban J connectivity index is 2.28. The fourth-order valence-electron chi connectivity index (χ4n) is 1.93. The Morgan fingerprint density at radius 1 is 1.00 bits per heavy atom.